The van der Waals surface area contributed by atoms with Crippen molar-refractivity contribution < 1.29 is 9.84 Å². The second kappa shape index (κ2) is 3.36. The first-order valence-electron chi connectivity index (χ1n) is 4.43. The summed E-state index contributed by atoms with van der Waals surface area (Å²) in [7, 11) is 0. The normalized spacial score (nSPS) is 26.3. The minimum absolute atomic E-state index is 0.0231. The monoisotopic (exact) mass is 179 g/mol. The van der Waals surface area contributed by atoms with E-state index in [1.165, 1.54) is 0 Å². The summed E-state index contributed by atoms with van der Waals surface area (Å²) in [6.45, 7) is 0.962. The maximum atomic E-state index is 9.86. The number of aliphatic hydroxyl groups is 1. The van der Waals surface area contributed by atoms with Gasteiger partial charge in [-0.05, 0) is 6.07 Å². The molecule has 2 rings (SSSR count). The Labute approximate surface area is 77.1 Å². The number of benzene rings is 1. The molecule has 70 valence electrons. The van der Waals surface area contributed by atoms with Gasteiger partial charge in [-0.3, -0.25) is 0 Å². The van der Waals surface area contributed by atoms with Crippen LogP contribution in [0.15, 0.2) is 24.3 Å². The average molecular weight is 179 g/mol. The van der Waals surface area contributed by atoms with Crippen LogP contribution in [-0.4, -0.2) is 18.3 Å². The fraction of sp³-hybridized carbons (Fsp3) is 0.400. The van der Waals surface area contributed by atoms with Crippen molar-refractivity contribution in [2.45, 2.75) is 6.10 Å². The molecule has 3 N–H and O–H groups in total. The van der Waals surface area contributed by atoms with Crippen molar-refractivity contribution in [3.63, 3.8) is 0 Å². The first kappa shape index (κ1) is 8.53. The third kappa shape index (κ3) is 1.41. The van der Waals surface area contributed by atoms with Crippen LogP contribution in [0.3, 0.4) is 0 Å². The molecule has 0 aliphatic carbocycles. The van der Waals surface area contributed by atoms with Gasteiger partial charge in [0.05, 0.1) is 12.7 Å². The Kier molecular flexibility index (Phi) is 2.20. The predicted octanol–water partition coefficient (Wildman–Crippen LogP) is 0.687. The lowest BCUT2D eigenvalue weighted by Gasteiger charge is -2.29. The molecule has 13 heavy (non-hydrogen) atoms. The van der Waals surface area contributed by atoms with E-state index in [-0.39, 0.29) is 5.92 Å². The number of para-hydroxylation sites is 1. The summed E-state index contributed by atoms with van der Waals surface area (Å²) >= 11 is 0. The summed E-state index contributed by atoms with van der Waals surface area (Å²) in [5.74, 6) is 0.801. The molecular weight excluding hydrogens is 166 g/mol. The number of rotatable bonds is 1. The van der Waals surface area contributed by atoms with E-state index in [0.717, 1.165) is 11.3 Å². The molecule has 1 aromatic carbocycles. The van der Waals surface area contributed by atoms with Crippen LogP contribution in [0, 0.1) is 5.92 Å². The maximum absolute atomic E-state index is 9.86. The molecule has 1 aromatic rings. The number of hydrogen-bond acceptors (Lipinski definition) is 3. The van der Waals surface area contributed by atoms with Crippen molar-refractivity contribution >= 4 is 0 Å². The Balaban J connectivity index is 2.33. The third-order valence-electron chi connectivity index (χ3n) is 2.44. The largest absolute Gasteiger partial charge is 0.493 e. The van der Waals surface area contributed by atoms with E-state index in [9.17, 15) is 5.11 Å². The van der Waals surface area contributed by atoms with E-state index in [0.29, 0.717) is 13.2 Å². The number of aliphatic hydroxyl groups excluding tert-OH is 1. The highest BCUT2D eigenvalue weighted by atomic mass is 16.5. The fourth-order valence-electron chi connectivity index (χ4n) is 1.60. The highest BCUT2D eigenvalue weighted by Crippen LogP contribution is 2.34. The molecule has 3 heteroatoms. The van der Waals surface area contributed by atoms with Gasteiger partial charge < -0.3 is 15.6 Å². The fourth-order valence-corrected chi connectivity index (χ4v) is 1.60. The van der Waals surface area contributed by atoms with E-state index < -0.39 is 6.10 Å². The van der Waals surface area contributed by atoms with Crippen LogP contribution in [0.2, 0.25) is 0 Å². The average Bonchev–Trinajstić information content (AvgIpc) is 2.19. The minimum atomic E-state index is -0.477. The Morgan fingerprint density at radius 1 is 1.46 bits per heavy atom. The molecule has 0 unspecified atom stereocenters. The van der Waals surface area contributed by atoms with Gasteiger partial charge >= 0.3 is 0 Å². The molecular formula is C10H13NO2. The van der Waals surface area contributed by atoms with Gasteiger partial charge in [0.2, 0.25) is 0 Å². The summed E-state index contributed by atoms with van der Waals surface area (Å²) in [5, 5.41) is 9.86. The van der Waals surface area contributed by atoms with Crippen molar-refractivity contribution in [2.75, 3.05) is 13.2 Å². The third-order valence-corrected chi connectivity index (χ3v) is 2.44. The number of nitrogens with two attached hydrogens (primary N) is 1. The second-order valence-corrected chi connectivity index (χ2v) is 3.29. The van der Waals surface area contributed by atoms with Crippen molar-refractivity contribution in [1.29, 1.82) is 0 Å². The number of fused-ring (bicyclic) bond motifs is 1. The SMILES string of the molecule is NC[C@H]1COc2ccccc2[C@@H]1O. The summed E-state index contributed by atoms with van der Waals surface area (Å²) in [4.78, 5) is 0. The Hall–Kier alpha value is -1.06. The van der Waals surface area contributed by atoms with E-state index in [2.05, 4.69) is 0 Å². The van der Waals surface area contributed by atoms with Crippen LogP contribution in [0.4, 0.5) is 0 Å². The standard InChI is InChI=1S/C10H13NO2/c11-5-7-6-13-9-4-2-1-3-8(9)10(7)12/h1-4,7,10,12H,5-6,11H2/t7-,10+/m0/s1. The smallest absolute Gasteiger partial charge is 0.125 e. The van der Waals surface area contributed by atoms with Gasteiger partial charge in [-0.25, -0.2) is 0 Å². The molecule has 2 atom stereocenters. The van der Waals surface area contributed by atoms with Gasteiger partial charge in [0, 0.05) is 18.0 Å². The van der Waals surface area contributed by atoms with Gasteiger partial charge in [-0.1, -0.05) is 18.2 Å². The summed E-state index contributed by atoms with van der Waals surface area (Å²) < 4.78 is 5.46. The van der Waals surface area contributed by atoms with Crippen molar-refractivity contribution in [3.05, 3.63) is 29.8 Å². The summed E-state index contributed by atoms with van der Waals surface area (Å²) in [6.07, 6.45) is -0.477. The summed E-state index contributed by atoms with van der Waals surface area (Å²) in [5.41, 5.74) is 6.36. The van der Waals surface area contributed by atoms with E-state index in [4.69, 9.17) is 10.5 Å². The van der Waals surface area contributed by atoms with E-state index in [1.54, 1.807) is 0 Å². The molecule has 0 fully saturated rings. The Bertz CT molecular complexity index is 301. The van der Waals surface area contributed by atoms with E-state index >= 15 is 0 Å². The summed E-state index contributed by atoms with van der Waals surface area (Å²) in [6, 6.07) is 7.53. The second-order valence-electron chi connectivity index (χ2n) is 3.29. The van der Waals surface area contributed by atoms with Crippen LogP contribution >= 0.6 is 0 Å². The Morgan fingerprint density at radius 3 is 3.00 bits per heavy atom. The van der Waals surface area contributed by atoms with Crippen molar-refractivity contribution in [1.82, 2.24) is 0 Å². The minimum Gasteiger partial charge on any atom is -0.493 e. The van der Waals surface area contributed by atoms with Gasteiger partial charge in [0.25, 0.3) is 0 Å². The van der Waals surface area contributed by atoms with Gasteiger partial charge in [-0.2, -0.15) is 0 Å². The van der Waals surface area contributed by atoms with Gasteiger partial charge in [-0.15, -0.1) is 0 Å². The van der Waals surface area contributed by atoms with E-state index in [1.807, 2.05) is 24.3 Å². The molecule has 0 saturated carbocycles. The molecule has 0 saturated heterocycles. The van der Waals surface area contributed by atoms with Gasteiger partial charge in [0.1, 0.15) is 5.75 Å². The molecule has 0 radical (unpaired) electrons. The van der Waals surface area contributed by atoms with Crippen LogP contribution in [0.1, 0.15) is 11.7 Å². The topological polar surface area (TPSA) is 55.5 Å². The lowest BCUT2D eigenvalue weighted by atomic mass is 9.93. The lowest BCUT2D eigenvalue weighted by molar-refractivity contribution is 0.0552. The van der Waals surface area contributed by atoms with Crippen LogP contribution in [-0.2, 0) is 0 Å². The molecule has 1 heterocycles. The van der Waals surface area contributed by atoms with Crippen LogP contribution in [0.5, 0.6) is 5.75 Å². The van der Waals surface area contributed by atoms with Crippen molar-refractivity contribution in [3.8, 4) is 5.75 Å². The van der Waals surface area contributed by atoms with Crippen LogP contribution in [0.25, 0.3) is 0 Å². The molecule has 0 bridgehead atoms. The zero-order valence-electron chi connectivity index (χ0n) is 7.31. The quantitative estimate of drug-likeness (QED) is 0.666. The van der Waals surface area contributed by atoms with Crippen LogP contribution < -0.4 is 10.5 Å². The highest BCUT2D eigenvalue weighted by Gasteiger charge is 2.27. The highest BCUT2D eigenvalue weighted by molar-refractivity contribution is 5.36. The number of ether oxygens (including phenoxy) is 1. The molecule has 0 spiro atoms. The zero-order valence-corrected chi connectivity index (χ0v) is 7.31. The first-order chi connectivity index (χ1) is 6.33. The maximum Gasteiger partial charge on any atom is 0.125 e. The predicted molar refractivity (Wildman–Crippen MR) is 49.4 cm³/mol. The molecule has 1 aliphatic rings. The molecule has 0 amide bonds. The molecule has 1 aliphatic heterocycles. The first-order valence-corrected chi connectivity index (χ1v) is 4.43. The Morgan fingerprint density at radius 2 is 2.23 bits per heavy atom. The zero-order chi connectivity index (χ0) is 9.26. The lowest BCUT2D eigenvalue weighted by Crippen LogP contribution is -2.31. The van der Waals surface area contributed by atoms with Gasteiger partial charge in [0.15, 0.2) is 0 Å². The molecule has 0 aromatic heterocycles. The molecule has 3 nitrogen and oxygen atoms in total. The number of hydrogen-bond donors (Lipinski definition) is 2. The van der Waals surface area contributed by atoms with Crippen molar-refractivity contribution in [2.24, 2.45) is 11.7 Å².